The lowest BCUT2D eigenvalue weighted by atomic mass is 10.1. The van der Waals surface area contributed by atoms with Gasteiger partial charge in [-0.1, -0.05) is 18.2 Å². The smallest absolute Gasteiger partial charge is 0.249 e. The number of carbonyl (C=O) groups excluding carboxylic acids is 1. The molecule has 0 radical (unpaired) electrons. The van der Waals surface area contributed by atoms with Crippen molar-refractivity contribution < 1.29 is 4.79 Å². The quantitative estimate of drug-likeness (QED) is 0.665. The Hall–Kier alpha value is -1.95. The maximum Gasteiger partial charge on any atom is 0.249 e. The van der Waals surface area contributed by atoms with Crippen LogP contribution in [-0.4, -0.2) is 21.1 Å². The predicted octanol–water partition coefficient (Wildman–Crippen LogP) is 1.23. The molecule has 1 amide bonds. The van der Waals surface area contributed by atoms with Crippen LogP contribution in [0.5, 0.6) is 0 Å². The van der Waals surface area contributed by atoms with Gasteiger partial charge in [0.2, 0.25) is 10.7 Å². The summed E-state index contributed by atoms with van der Waals surface area (Å²) in [6, 6.07) is 6.93. The first kappa shape index (κ1) is 9.60. The highest BCUT2D eigenvalue weighted by atomic mass is 32.1. The van der Waals surface area contributed by atoms with Crippen LogP contribution in [0.25, 0.3) is 11.4 Å². The Morgan fingerprint density at radius 2 is 2.07 bits per heavy atom. The molecule has 4 N–H and O–H groups in total. The molecule has 15 heavy (non-hydrogen) atoms. The van der Waals surface area contributed by atoms with Gasteiger partial charge >= 0.3 is 0 Å². The molecular formula is C9H8N4OS. The third kappa shape index (κ3) is 1.79. The zero-order valence-corrected chi connectivity index (χ0v) is 8.47. The van der Waals surface area contributed by atoms with E-state index in [0.717, 1.165) is 0 Å². The Balaban J connectivity index is 2.62. The number of aromatic amines is 2. The van der Waals surface area contributed by atoms with Crippen molar-refractivity contribution in [2.45, 2.75) is 0 Å². The van der Waals surface area contributed by atoms with E-state index < -0.39 is 5.91 Å². The Morgan fingerprint density at radius 3 is 2.67 bits per heavy atom. The number of nitrogens with one attached hydrogen (secondary N) is 2. The maximum atomic E-state index is 11.1. The molecule has 0 fully saturated rings. The van der Waals surface area contributed by atoms with Gasteiger partial charge in [-0.3, -0.25) is 15.0 Å². The van der Waals surface area contributed by atoms with Crippen LogP contribution in [0.3, 0.4) is 0 Å². The summed E-state index contributed by atoms with van der Waals surface area (Å²) in [6.07, 6.45) is 0. The minimum atomic E-state index is -0.493. The summed E-state index contributed by atoms with van der Waals surface area (Å²) in [6.45, 7) is 0. The molecule has 5 nitrogen and oxygen atoms in total. The minimum Gasteiger partial charge on any atom is -0.366 e. The maximum absolute atomic E-state index is 11.1. The van der Waals surface area contributed by atoms with Gasteiger partial charge in [0.25, 0.3) is 0 Å². The lowest BCUT2D eigenvalue weighted by Crippen LogP contribution is -2.12. The molecule has 0 bridgehead atoms. The number of amides is 1. The fourth-order valence-electron chi connectivity index (χ4n) is 1.30. The van der Waals surface area contributed by atoms with Crippen LogP contribution in [0.2, 0.25) is 0 Å². The fraction of sp³-hybridized carbons (Fsp3) is 0. The first-order valence-electron chi connectivity index (χ1n) is 4.22. The number of nitrogens with two attached hydrogens (primary N) is 1. The first-order valence-corrected chi connectivity index (χ1v) is 4.63. The molecule has 0 saturated heterocycles. The van der Waals surface area contributed by atoms with E-state index in [1.54, 1.807) is 24.3 Å². The Labute approximate surface area is 90.3 Å². The molecule has 1 aromatic heterocycles. The van der Waals surface area contributed by atoms with E-state index in [4.69, 9.17) is 18.0 Å². The van der Waals surface area contributed by atoms with E-state index in [0.29, 0.717) is 21.7 Å². The van der Waals surface area contributed by atoms with Gasteiger partial charge in [-0.15, -0.1) is 0 Å². The van der Waals surface area contributed by atoms with Crippen LogP contribution in [0.4, 0.5) is 0 Å². The number of hydrogen-bond acceptors (Lipinski definition) is 3. The average molecular weight is 220 g/mol. The molecule has 0 saturated carbocycles. The van der Waals surface area contributed by atoms with Crippen molar-refractivity contribution in [3.8, 4) is 11.4 Å². The van der Waals surface area contributed by atoms with Crippen LogP contribution < -0.4 is 5.73 Å². The fourth-order valence-corrected chi connectivity index (χ4v) is 1.44. The zero-order valence-electron chi connectivity index (χ0n) is 7.65. The van der Waals surface area contributed by atoms with Crippen LogP contribution in [0, 0.1) is 4.77 Å². The molecule has 0 unspecified atom stereocenters. The van der Waals surface area contributed by atoms with Gasteiger partial charge in [-0.05, 0) is 18.3 Å². The number of primary amides is 1. The Kier molecular flexibility index (Phi) is 2.34. The second-order valence-electron chi connectivity index (χ2n) is 2.93. The van der Waals surface area contributed by atoms with E-state index in [9.17, 15) is 4.79 Å². The number of nitrogens with zero attached hydrogens (tertiary/aromatic N) is 1. The lowest BCUT2D eigenvalue weighted by molar-refractivity contribution is 0.100. The van der Waals surface area contributed by atoms with Crippen LogP contribution in [-0.2, 0) is 0 Å². The van der Waals surface area contributed by atoms with Gasteiger partial charge in [0.1, 0.15) is 0 Å². The second kappa shape index (κ2) is 3.66. The zero-order chi connectivity index (χ0) is 10.8. The Morgan fingerprint density at radius 1 is 1.33 bits per heavy atom. The predicted molar refractivity (Wildman–Crippen MR) is 57.7 cm³/mol. The third-order valence-electron chi connectivity index (χ3n) is 1.95. The monoisotopic (exact) mass is 220 g/mol. The van der Waals surface area contributed by atoms with Gasteiger partial charge in [0, 0.05) is 5.56 Å². The van der Waals surface area contributed by atoms with Gasteiger partial charge in [-0.2, -0.15) is 4.98 Å². The van der Waals surface area contributed by atoms with Crippen molar-refractivity contribution in [3.05, 3.63) is 34.6 Å². The standard InChI is InChI=1S/C9H8N4OS/c10-7(14)5-3-1-2-4-6(5)8-11-9(15)13-12-8/h1-4H,(H2,10,14)(H2,11,12,13,15). The summed E-state index contributed by atoms with van der Waals surface area (Å²) in [5, 5.41) is 5.43. The number of benzene rings is 1. The normalized spacial score (nSPS) is 10.1. The summed E-state index contributed by atoms with van der Waals surface area (Å²) in [5.41, 5.74) is 6.29. The van der Waals surface area contributed by atoms with Gasteiger partial charge in [-0.25, -0.2) is 0 Å². The Bertz CT molecular complexity index is 557. The van der Waals surface area contributed by atoms with Gasteiger partial charge < -0.3 is 5.73 Å². The largest absolute Gasteiger partial charge is 0.366 e. The molecule has 0 aliphatic rings. The summed E-state index contributed by atoms with van der Waals surface area (Å²) in [5.74, 6) is 0.0160. The van der Waals surface area contributed by atoms with Crippen molar-refractivity contribution in [3.63, 3.8) is 0 Å². The molecule has 0 aliphatic carbocycles. The van der Waals surface area contributed by atoms with Crippen LogP contribution >= 0.6 is 12.2 Å². The summed E-state index contributed by atoms with van der Waals surface area (Å²) in [7, 11) is 0. The van der Waals surface area contributed by atoms with Gasteiger partial charge in [0.15, 0.2) is 5.82 Å². The van der Waals surface area contributed by atoms with E-state index in [1.807, 2.05) is 0 Å². The van der Waals surface area contributed by atoms with Gasteiger partial charge in [0.05, 0.1) is 5.56 Å². The highest BCUT2D eigenvalue weighted by Crippen LogP contribution is 2.18. The van der Waals surface area contributed by atoms with Crippen LogP contribution in [0.15, 0.2) is 24.3 Å². The number of hydrogen-bond donors (Lipinski definition) is 3. The molecule has 76 valence electrons. The van der Waals surface area contributed by atoms with Crippen molar-refractivity contribution in [1.82, 2.24) is 15.2 Å². The average Bonchev–Trinajstić information content (AvgIpc) is 2.65. The van der Waals surface area contributed by atoms with E-state index in [2.05, 4.69) is 15.2 Å². The van der Waals surface area contributed by atoms with Crippen molar-refractivity contribution >= 4 is 18.1 Å². The summed E-state index contributed by atoms with van der Waals surface area (Å²) < 4.78 is 0.337. The van der Waals surface area contributed by atoms with Crippen molar-refractivity contribution in [2.75, 3.05) is 0 Å². The second-order valence-corrected chi connectivity index (χ2v) is 3.31. The van der Waals surface area contributed by atoms with E-state index >= 15 is 0 Å². The number of aromatic nitrogens is 3. The highest BCUT2D eigenvalue weighted by Gasteiger charge is 2.10. The SMILES string of the molecule is NC(=O)c1ccccc1-c1nc(=S)[nH][nH]1. The summed E-state index contributed by atoms with van der Waals surface area (Å²) in [4.78, 5) is 15.2. The number of H-pyrrole nitrogens is 2. The molecule has 1 heterocycles. The van der Waals surface area contributed by atoms with Crippen LogP contribution in [0.1, 0.15) is 10.4 Å². The van der Waals surface area contributed by atoms with E-state index in [1.165, 1.54) is 0 Å². The van der Waals surface area contributed by atoms with Crippen molar-refractivity contribution in [2.24, 2.45) is 5.73 Å². The molecule has 1 aromatic carbocycles. The number of rotatable bonds is 2. The molecule has 2 rings (SSSR count). The summed E-state index contributed by atoms with van der Waals surface area (Å²) >= 11 is 4.83. The van der Waals surface area contributed by atoms with E-state index in [-0.39, 0.29) is 0 Å². The molecule has 0 aliphatic heterocycles. The number of carbonyl (C=O) groups is 1. The lowest BCUT2D eigenvalue weighted by Gasteiger charge is -2.01. The minimum absolute atomic E-state index is 0.337. The molecule has 2 aromatic rings. The molecular weight excluding hydrogens is 212 g/mol. The molecule has 0 atom stereocenters. The highest BCUT2D eigenvalue weighted by molar-refractivity contribution is 7.71. The molecule has 0 spiro atoms. The third-order valence-corrected chi connectivity index (χ3v) is 2.14. The first-order chi connectivity index (χ1) is 7.18. The van der Waals surface area contributed by atoms with Crippen molar-refractivity contribution in [1.29, 1.82) is 0 Å². The molecule has 6 heteroatoms. The topological polar surface area (TPSA) is 87.6 Å².